The van der Waals surface area contributed by atoms with E-state index < -0.39 is 0 Å². The molecule has 45 heavy (non-hydrogen) atoms. The molecule has 4 heteroatoms. The number of carbonyl (C=O) groups is 1. The van der Waals surface area contributed by atoms with E-state index >= 15 is 0 Å². The Hall–Kier alpha value is -3.05. The normalized spacial score (nSPS) is 29.6. The molecule has 0 bridgehead atoms. The van der Waals surface area contributed by atoms with Gasteiger partial charge >= 0.3 is 0 Å². The molecule has 0 amide bonds. The van der Waals surface area contributed by atoms with Crippen molar-refractivity contribution in [3.63, 3.8) is 0 Å². The fourth-order valence-electron chi connectivity index (χ4n) is 6.99. The van der Waals surface area contributed by atoms with Gasteiger partial charge in [-0.25, -0.2) is 0 Å². The molecule has 0 aromatic rings. The zero-order valence-corrected chi connectivity index (χ0v) is 29.5. The van der Waals surface area contributed by atoms with Gasteiger partial charge in [-0.2, -0.15) is 0 Å². The van der Waals surface area contributed by atoms with Crippen LogP contribution in [0.3, 0.4) is 0 Å². The van der Waals surface area contributed by atoms with Crippen molar-refractivity contribution in [2.45, 2.75) is 112 Å². The lowest BCUT2D eigenvalue weighted by Gasteiger charge is -2.44. The Labute approximate surface area is 273 Å². The molecular formula is C41H56O4. The summed E-state index contributed by atoms with van der Waals surface area (Å²) in [6.45, 7) is 20.8. The number of aliphatic hydroxyl groups is 1. The number of aliphatic hydroxyl groups excluding tert-OH is 1. The van der Waals surface area contributed by atoms with E-state index in [0.29, 0.717) is 6.42 Å². The average Bonchev–Trinajstić information content (AvgIpc) is 3.42. The lowest BCUT2D eigenvalue weighted by atomic mass is 9.65. The molecule has 0 aromatic heterocycles. The van der Waals surface area contributed by atoms with Crippen LogP contribution in [-0.4, -0.2) is 41.9 Å². The van der Waals surface area contributed by atoms with Gasteiger partial charge in [-0.1, -0.05) is 117 Å². The minimum Gasteiger partial charge on any atom is -0.393 e. The smallest absolute Gasteiger partial charge is 0.158 e. The molecule has 244 valence electrons. The molecule has 2 aliphatic carbocycles. The van der Waals surface area contributed by atoms with Gasteiger partial charge in [-0.15, -0.1) is 0 Å². The number of methoxy groups -OCH3 is 1. The number of ether oxygens (including phenoxy) is 2. The molecule has 4 nitrogen and oxygen atoms in total. The Balaban J connectivity index is 1.55. The van der Waals surface area contributed by atoms with Crippen molar-refractivity contribution in [2.24, 2.45) is 10.8 Å². The SMILES string of the molecule is COC1CC(C)(C)C(/C=C/C(C)=C/C=C/C(C)=C\C=C\C=C(C)\C=C\C=C(/C)[C@H]2C=C3C(C)(C)C[C@H](O)C[C@@]3(C)O2)=C1C(C)=O. The highest BCUT2D eigenvalue weighted by molar-refractivity contribution is 5.96. The lowest BCUT2D eigenvalue weighted by molar-refractivity contribution is -0.114. The first kappa shape index (κ1) is 36.4. The molecule has 0 radical (unpaired) electrons. The molecular weight excluding hydrogens is 556 g/mol. The predicted octanol–water partition coefficient (Wildman–Crippen LogP) is 9.59. The summed E-state index contributed by atoms with van der Waals surface area (Å²) in [5.74, 6) is 0.0847. The van der Waals surface area contributed by atoms with E-state index in [1.807, 2.05) is 0 Å². The first-order valence-electron chi connectivity index (χ1n) is 16.3. The van der Waals surface area contributed by atoms with Crippen LogP contribution in [-0.2, 0) is 14.3 Å². The quantitative estimate of drug-likeness (QED) is 0.186. The maximum Gasteiger partial charge on any atom is 0.158 e. The van der Waals surface area contributed by atoms with Gasteiger partial charge in [0.25, 0.3) is 0 Å². The van der Waals surface area contributed by atoms with Crippen LogP contribution in [0.2, 0.25) is 0 Å². The van der Waals surface area contributed by atoms with Crippen LogP contribution < -0.4 is 0 Å². The number of rotatable bonds is 11. The summed E-state index contributed by atoms with van der Waals surface area (Å²) in [4.78, 5) is 12.3. The molecule has 4 atom stereocenters. The van der Waals surface area contributed by atoms with Crippen LogP contribution in [0.5, 0.6) is 0 Å². The van der Waals surface area contributed by atoms with Crippen molar-refractivity contribution in [1.29, 1.82) is 0 Å². The molecule has 1 heterocycles. The van der Waals surface area contributed by atoms with E-state index in [1.165, 1.54) is 5.57 Å². The molecule has 0 spiro atoms. The molecule has 1 saturated carbocycles. The summed E-state index contributed by atoms with van der Waals surface area (Å²) in [5, 5.41) is 10.4. The average molecular weight is 613 g/mol. The van der Waals surface area contributed by atoms with Gasteiger partial charge in [-0.3, -0.25) is 4.79 Å². The second-order valence-electron chi connectivity index (χ2n) is 14.6. The molecule has 1 fully saturated rings. The zero-order valence-electron chi connectivity index (χ0n) is 29.5. The Morgan fingerprint density at radius 1 is 0.800 bits per heavy atom. The first-order chi connectivity index (χ1) is 21.0. The molecule has 3 rings (SSSR count). The number of hydrogen-bond donors (Lipinski definition) is 1. The third-order valence-corrected chi connectivity index (χ3v) is 9.30. The molecule has 1 N–H and O–H groups in total. The van der Waals surface area contributed by atoms with Crippen LogP contribution in [0.1, 0.15) is 88.5 Å². The largest absolute Gasteiger partial charge is 0.393 e. The van der Waals surface area contributed by atoms with Crippen LogP contribution in [0.25, 0.3) is 0 Å². The standard InChI is InChI=1S/C41H56O4/c1-28(18-14-19-30(3)22-23-34-38(32(5)42)36(44-11)27-39(34,6)7)16-12-13-17-29(2)20-15-21-31(4)35-24-37-40(8,9)25-33(43)26-41(37,10)45-35/h12-24,33,35-36,43H,25-27H2,1-11H3/b13-12+,18-14+,20-15+,23-22+,28-16-,29-17+,30-19+,31-21+/t33-,35+,36?,41+/m0/s1. The number of fused-ring (bicyclic) bond motifs is 1. The second kappa shape index (κ2) is 15.0. The third-order valence-electron chi connectivity index (χ3n) is 9.30. The molecule has 0 aromatic carbocycles. The van der Waals surface area contributed by atoms with Gasteiger partial charge in [0.2, 0.25) is 0 Å². The van der Waals surface area contributed by atoms with Crippen molar-refractivity contribution in [3.8, 4) is 0 Å². The van der Waals surface area contributed by atoms with E-state index in [1.54, 1.807) is 14.0 Å². The number of carbonyl (C=O) groups excluding carboxylic acids is 1. The van der Waals surface area contributed by atoms with E-state index in [2.05, 4.69) is 141 Å². The zero-order chi connectivity index (χ0) is 33.6. The monoisotopic (exact) mass is 612 g/mol. The summed E-state index contributed by atoms with van der Waals surface area (Å²) in [6.07, 6.45) is 29.0. The van der Waals surface area contributed by atoms with Gasteiger partial charge in [0.05, 0.1) is 23.9 Å². The Bertz CT molecular complexity index is 1430. The highest BCUT2D eigenvalue weighted by atomic mass is 16.5. The summed E-state index contributed by atoms with van der Waals surface area (Å²) in [7, 11) is 1.68. The maximum absolute atomic E-state index is 12.3. The number of ketones is 1. The van der Waals surface area contributed by atoms with Crippen molar-refractivity contribution >= 4 is 5.78 Å². The van der Waals surface area contributed by atoms with Crippen LogP contribution in [0, 0.1) is 10.8 Å². The van der Waals surface area contributed by atoms with Crippen molar-refractivity contribution in [1.82, 2.24) is 0 Å². The number of hydrogen-bond acceptors (Lipinski definition) is 4. The van der Waals surface area contributed by atoms with Crippen LogP contribution >= 0.6 is 0 Å². The Morgan fingerprint density at radius 3 is 1.93 bits per heavy atom. The fraction of sp³-hybridized carbons (Fsp3) is 0.488. The van der Waals surface area contributed by atoms with Gasteiger partial charge in [-0.05, 0) is 88.0 Å². The topological polar surface area (TPSA) is 55.8 Å². The number of allylic oxidation sites excluding steroid dienone is 16. The molecule has 1 aliphatic heterocycles. The minimum atomic E-state index is -0.390. The van der Waals surface area contributed by atoms with E-state index in [-0.39, 0.29) is 40.5 Å². The summed E-state index contributed by atoms with van der Waals surface area (Å²) in [6, 6.07) is 0. The van der Waals surface area contributed by atoms with Gasteiger partial charge in [0.15, 0.2) is 5.78 Å². The minimum absolute atomic E-state index is 0.0549. The van der Waals surface area contributed by atoms with Gasteiger partial charge < -0.3 is 14.6 Å². The summed E-state index contributed by atoms with van der Waals surface area (Å²) in [5.41, 5.74) is 7.23. The summed E-state index contributed by atoms with van der Waals surface area (Å²) < 4.78 is 12.1. The van der Waals surface area contributed by atoms with E-state index in [0.717, 1.165) is 46.3 Å². The highest BCUT2D eigenvalue weighted by Gasteiger charge is 2.50. The predicted molar refractivity (Wildman–Crippen MR) is 189 cm³/mol. The van der Waals surface area contributed by atoms with E-state index in [4.69, 9.17) is 9.47 Å². The molecule has 1 unspecified atom stereocenters. The first-order valence-corrected chi connectivity index (χ1v) is 16.3. The Morgan fingerprint density at radius 2 is 1.36 bits per heavy atom. The second-order valence-corrected chi connectivity index (χ2v) is 14.6. The van der Waals surface area contributed by atoms with Crippen LogP contribution in [0.4, 0.5) is 0 Å². The Kier molecular flexibility index (Phi) is 12.2. The lowest BCUT2D eigenvalue weighted by Crippen LogP contribution is -2.45. The van der Waals surface area contributed by atoms with Crippen molar-refractivity contribution in [3.05, 3.63) is 118 Å². The van der Waals surface area contributed by atoms with Crippen molar-refractivity contribution < 1.29 is 19.4 Å². The highest BCUT2D eigenvalue weighted by Crippen LogP contribution is 2.52. The fourth-order valence-corrected chi connectivity index (χ4v) is 6.99. The number of Topliss-reactive ketones (excluding diaryl/α,β-unsaturated/α-hetero) is 1. The maximum atomic E-state index is 12.3. The van der Waals surface area contributed by atoms with Crippen LogP contribution in [0.15, 0.2) is 118 Å². The summed E-state index contributed by atoms with van der Waals surface area (Å²) >= 11 is 0. The molecule has 3 aliphatic rings. The van der Waals surface area contributed by atoms with Gasteiger partial charge in [0.1, 0.15) is 0 Å². The third kappa shape index (κ3) is 9.48. The van der Waals surface area contributed by atoms with Gasteiger partial charge in [0, 0.05) is 19.1 Å². The van der Waals surface area contributed by atoms with E-state index in [9.17, 15) is 9.90 Å². The van der Waals surface area contributed by atoms with Crippen molar-refractivity contribution in [2.75, 3.05) is 7.11 Å². The molecule has 0 saturated heterocycles.